The van der Waals surface area contributed by atoms with Crippen LogP contribution >= 0.6 is 0 Å². The fraction of sp³-hybridized carbons (Fsp3) is 0.455. The van der Waals surface area contributed by atoms with Gasteiger partial charge in [-0.3, -0.25) is 0 Å². The summed E-state index contributed by atoms with van der Waals surface area (Å²) in [6.07, 6.45) is 2.16. The van der Waals surface area contributed by atoms with E-state index < -0.39 is 0 Å². The van der Waals surface area contributed by atoms with Crippen molar-refractivity contribution >= 4 is 0 Å². The first-order valence-corrected chi connectivity index (χ1v) is 5.02. The zero-order valence-electron chi connectivity index (χ0n) is 8.20. The minimum Gasteiger partial charge on any atom is -0.490 e. The van der Waals surface area contributed by atoms with Crippen molar-refractivity contribution in [2.75, 3.05) is 6.54 Å². The maximum atomic E-state index is 5.73. The topological polar surface area (TPSA) is 61.3 Å². The van der Waals surface area contributed by atoms with E-state index in [2.05, 4.69) is 6.07 Å². The molecule has 0 amide bonds. The standard InChI is InChI=1S/C11H16N2O/c12-4-3-10-6-9-5-8(7-13)1-2-11(9)14-10/h1-2,5,10H,3-4,6-7,12-13H2. The van der Waals surface area contributed by atoms with Gasteiger partial charge in [-0.1, -0.05) is 12.1 Å². The van der Waals surface area contributed by atoms with Crippen molar-refractivity contribution in [2.45, 2.75) is 25.5 Å². The maximum absolute atomic E-state index is 5.73. The molecule has 1 heterocycles. The summed E-state index contributed by atoms with van der Waals surface area (Å²) in [5.74, 6) is 1.00. The monoisotopic (exact) mass is 192 g/mol. The molecule has 1 atom stereocenters. The number of ether oxygens (including phenoxy) is 1. The van der Waals surface area contributed by atoms with Crippen molar-refractivity contribution in [1.82, 2.24) is 0 Å². The van der Waals surface area contributed by atoms with Gasteiger partial charge < -0.3 is 16.2 Å². The first kappa shape index (κ1) is 9.49. The lowest BCUT2D eigenvalue weighted by molar-refractivity contribution is 0.224. The molecule has 76 valence electrons. The first-order chi connectivity index (χ1) is 6.83. The smallest absolute Gasteiger partial charge is 0.123 e. The van der Waals surface area contributed by atoms with Gasteiger partial charge >= 0.3 is 0 Å². The molecule has 1 aromatic rings. The first-order valence-electron chi connectivity index (χ1n) is 5.02. The van der Waals surface area contributed by atoms with Gasteiger partial charge in [0.1, 0.15) is 11.9 Å². The highest BCUT2D eigenvalue weighted by Gasteiger charge is 2.21. The molecule has 1 unspecified atom stereocenters. The van der Waals surface area contributed by atoms with Crippen LogP contribution in [0.25, 0.3) is 0 Å². The predicted octanol–water partition coefficient (Wildman–Crippen LogP) is 0.798. The second-order valence-corrected chi connectivity index (χ2v) is 3.67. The molecule has 0 aliphatic carbocycles. The molecule has 1 aromatic carbocycles. The van der Waals surface area contributed by atoms with Gasteiger partial charge in [-0.25, -0.2) is 0 Å². The summed E-state index contributed by atoms with van der Waals surface area (Å²) in [5.41, 5.74) is 13.5. The minimum atomic E-state index is 0.267. The lowest BCUT2D eigenvalue weighted by atomic mass is 10.1. The van der Waals surface area contributed by atoms with Crippen molar-refractivity contribution in [3.05, 3.63) is 29.3 Å². The van der Waals surface area contributed by atoms with E-state index in [1.54, 1.807) is 0 Å². The SMILES string of the molecule is NCCC1Cc2cc(CN)ccc2O1. The molecular formula is C11H16N2O. The van der Waals surface area contributed by atoms with E-state index in [9.17, 15) is 0 Å². The van der Waals surface area contributed by atoms with Crippen molar-refractivity contribution in [1.29, 1.82) is 0 Å². The largest absolute Gasteiger partial charge is 0.490 e. The zero-order chi connectivity index (χ0) is 9.97. The summed E-state index contributed by atoms with van der Waals surface area (Å²) in [6.45, 7) is 1.28. The third-order valence-electron chi connectivity index (χ3n) is 2.59. The highest BCUT2D eigenvalue weighted by Crippen LogP contribution is 2.30. The highest BCUT2D eigenvalue weighted by atomic mass is 16.5. The normalized spacial score (nSPS) is 19.1. The third kappa shape index (κ3) is 1.74. The lowest BCUT2D eigenvalue weighted by Crippen LogP contribution is -2.17. The van der Waals surface area contributed by atoms with Gasteiger partial charge in [0, 0.05) is 13.0 Å². The van der Waals surface area contributed by atoms with Crippen LogP contribution in [0.5, 0.6) is 5.75 Å². The summed E-state index contributed by atoms with van der Waals surface area (Å²) in [6, 6.07) is 6.16. The summed E-state index contributed by atoms with van der Waals surface area (Å²) in [7, 11) is 0. The summed E-state index contributed by atoms with van der Waals surface area (Å²) >= 11 is 0. The van der Waals surface area contributed by atoms with Crippen LogP contribution < -0.4 is 16.2 Å². The van der Waals surface area contributed by atoms with E-state index in [4.69, 9.17) is 16.2 Å². The fourth-order valence-corrected chi connectivity index (χ4v) is 1.85. The molecule has 0 spiro atoms. The molecule has 0 saturated carbocycles. The number of fused-ring (bicyclic) bond motifs is 1. The number of rotatable bonds is 3. The number of hydrogen-bond acceptors (Lipinski definition) is 3. The van der Waals surface area contributed by atoms with Gasteiger partial charge in [-0.15, -0.1) is 0 Å². The van der Waals surface area contributed by atoms with Crippen molar-refractivity contribution in [3.63, 3.8) is 0 Å². The number of benzene rings is 1. The van der Waals surface area contributed by atoms with Crippen molar-refractivity contribution in [3.8, 4) is 5.75 Å². The molecule has 0 aromatic heterocycles. The van der Waals surface area contributed by atoms with Gasteiger partial charge in [-0.2, -0.15) is 0 Å². The Morgan fingerprint density at radius 2 is 2.21 bits per heavy atom. The Morgan fingerprint density at radius 1 is 1.36 bits per heavy atom. The quantitative estimate of drug-likeness (QED) is 0.744. The molecule has 0 radical (unpaired) electrons. The van der Waals surface area contributed by atoms with Gasteiger partial charge in [0.25, 0.3) is 0 Å². The molecule has 3 nitrogen and oxygen atoms in total. The van der Waals surface area contributed by atoms with E-state index >= 15 is 0 Å². The summed E-state index contributed by atoms with van der Waals surface area (Å²) in [5, 5.41) is 0. The van der Waals surface area contributed by atoms with Crippen LogP contribution in [-0.2, 0) is 13.0 Å². The molecule has 14 heavy (non-hydrogen) atoms. The molecule has 0 saturated heterocycles. The Morgan fingerprint density at radius 3 is 2.93 bits per heavy atom. The van der Waals surface area contributed by atoms with Gasteiger partial charge in [0.15, 0.2) is 0 Å². The van der Waals surface area contributed by atoms with Crippen molar-refractivity contribution < 1.29 is 4.74 Å². The third-order valence-corrected chi connectivity index (χ3v) is 2.59. The molecule has 2 rings (SSSR count). The Labute approximate surface area is 84.0 Å². The van der Waals surface area contributed by atoms with Gasteiger partial charge in [0.2, 0.25) is 0 Å². The van der Waals surface area contributed by atoms with Gasteiger partial charge in [0.05, 0.1) is 0 Å². The molecule has 4 N–H and O–H groups in total. The van der Waals surface area contributed by atoms with Crippen LogP contribution in [0.1, 0.15) is 17.5 Å². The second kappa shape index (κ2) is 3.98. The number of hydrogen-bond donors (Lipinski definition) is 2. The van der Waals surface area contributed by atoms with E-state index in [-0.39, 0.29) is 6.10 Å². The average molecular weight is 192 g/mol. The maximum Gasteiger partial charge on any atom is 0.123 e. The van der Waals surface area contributed by atoms with E-state index in [0.717, 1.165) is 18.6 Å². The predicted molar refractivity (Wildman–Crippen MR) is 56.1 cm³/mol. The Kier molecular flexibility index (Phi) is 2.70. The fourth-order valence-electron chi connectivity index (χ4n) is 1.85. The van der Waals surface area contributed by atoms with E-state index in [1.807, 2.05) is 12.1 Å². The van der Waals surface area contributed by atoms with E-state index in [0.29, 0.717) is 13.1 Å². The molecule has 1 aliphatic rings. The van der Waals surface area contributed by atoms with Crippen LogP contribution in [-0.4, -0.2) is 12.6 Å². The Balaban J connectivity index is 2.14. The lowest BCUT2D eigenvalue weighted by Gasteiger charge is -2.07. The Bertz CT molecular complexity index is 325. The Hall–Kier alpha value is -1.06. The highest BCUT2D eigenvalue weighted by molar-refractivity contribution is 5.40. The summed E-state index contributed by atoms with van der Waals surface area (Å²) in [4.78, 5) is 0. The number of nitrogens with two attached hydrogens (primary N) is 2. The van der Waals surface area contributed by atoms with Crippen LogP contribution in [0.3, 0.4) is 0 Å². The van der Waals surface area contributed by atoms with Crippen LogP contribution in [0.4, 0.5) is 0 Å². The van der Waals surface area contributed by atoms with Crippen LogP contribution in [0.15, 0.2) is 18.2 Å². The minimum absolute atomic E-state index is 0.267. The zero-order valence-corrected chi connectivity index (χ0v) is 8.20. The second-order valence-electron chi connectivity index (χ2n) is 3.67. The molecule has 1 aliphatic heterocycles. The average Bonchev–Trinajstić information content (AvgIpc) is 2.59. The van der Waals surface area contributed by atoms with Gasteiger partial charge in [-0.05, 0) is 30.2 Å². The molecule has 0 bridgehead atoms. The van der Waals surface area contributed by atoms with Crippen LogP contribution in [0.2, 0.25) is 0 Å². The van der Waals surface area contributed by atoms with Crippen molar-refractivity contribution in [2.24, 2.45) is 11.5 Å². The molecule has 0 fully saturated rings. The molecule has 3 heteroatoms. The van der Waals surface area contributed by atoms with Crippen LogP contribution in [0, 0.1) is 0 Å². The van der Waals surface area contributed by atoms with E-state index in [1.165, 1.54) is 11.1 Å². The molecular weight excluding hydrogens is 176 g/mol. The summed E-state index contributed by atoms with van der Waals surface area (Å²) < 4.78 is 5.73.